The number of para-hydroxylation sites is 1. The number of hydrogen-bond donors (Lipinski definition) is 1. The molecule has 0 amide bonds. The van der Waals surface area contributed by atoms with Gasteiger partial charge in [0.1, 0.15) is 11.0 Å². The Balaban J connectivity index is 1.79. The number of aryl methyl sites for hydroxylation is 2. The quantitative estimate of drug-likeness (QED) is 0.270. The van der Waals surface area contributed by atoms with Gasteiger partial charge in [-0.3, -0.25) is 9.36 Å². The van der Waals surface area contributed by atoms with Crippen molar-refractivity contribution in [2.45, 2.75) is 31.2 Å². The Hall–Kier alpha value is -3.31. The van der Waals surface area contributed by atoms with Gasteiger partial charge in [-0.05, 0) is 49.6 Å². The highest BCUT2D eigenvalue weighted by molar-refractivity contribution is 7.99. The van der Waals surface area contributed by atoms with E-state index < -0.39 is 0 Å². The van der Waals surface area contributed by atoms with Crippen molar-refractivity contribution in [2.24, 2.45) is 0 Å². The van der Waals surface area contributed by atoms with Gasteiger partial charge in [0.15, 0.2) is 5.16 Å². The van der Waals surface area contributed by atoms with Crippen LogP contribution in [0.2, 0.25) is 0 Å². The number of rotatable bonds is 4. The maximum atomic E-state index is 13.8. The van der Waals surface area contributed by atoms with E-state index >= 15 is 0 Å². The summed E-state index contributed by atoms with van der Waals surface area (Å²) in [5.74, 6) is 0. The molecule has 1 atom stereocenters. The SMILES string of the molecule is Cc1ccc(C)c(-n2c(SC(C)c3ccccc3)nc3c([nH]c4ccccc43)c2=O)c1. The molecule has 1 N–H and O–H groups in total. The smallest absolute Gasteiger partial charge is 0.283 e. The average Bonchev–Trinajstić information content (AvgIpc) is 3.16. The summed E-state index contributed by atoms with van der Waals surface area (Å²) in [6, 6.07) is 24.5. The van der Waals surface area contributed by atoms with E-state index in [-0.39, 0.29) is 10.8 Å². The van der Waals surface area contributed by atoms with Crippen LogP contribution in [0, 0.1) is 13.8 Å². The Bertz CT molecular complexity index is 1470. The zero-order chi connectivity index (χ0) is 21.5. The molecule has 0 saturated carbocycles. The van der Waals surface area contributed by atoms with Gasteiger partial charge in [0, 0.05) is 16.2 Å². The summed E-state index contributed by atoms with van der Waals surface area (Å²) in [6.07, 6.45) is 0. The van der Waals surface area contributed by atoms with Crippen molar-refractivity contribution in [2.75, 3.05) is 0 Å². The lowest BCUT2D eigenvalue weighted by molar-refractivity contribution is 0.808. The fourth-order valence-electron chi connectivity index (χ4n) is 3.94. The number of fused-ring (bicyclic) bond motifs is 3. The van der Waals surface area contributed by atoms with Gasteiger partial charge in [-0.1, -0.05) is 72.4 Å². The molecule has 31 heavy (non-hydrogen) atoms. The minimum Gasteiger partial charge on any atom is -0.349 e. The Morgan fingerprint density at radius 1 is 0.968 bits per heavy atom. The molecule has 154 valence electrons. The van der Waals surface area contributed by atoms with Crippen molar-refractivity contribution in [3.8, 4) is 5.69 Å². The van der Waals surface area contributed by atoms with Crippen LogP contribution < -0.4 is 5.56 Å². The van der Waals surface area contributed by atoms with Gasteiger partial charge in [0.05, 0.1) is 5.69 Å². The number of aromatic amines is 1. The maximum absolute atomic E-state index is 13.8. The first-order chi connectivity index (χ1) is 15.0. The molecule has 2 heterocycles. The molecule has 0 fully saturated rings. The number of H-pyrrole nitrogens is 1. The summed E-state index contributed by atoms with van der Waals surface area (Å²) in [6.45, 7) is 6.23. The summed E-state index contributed by atoms with van der Waals surface area (Å²) >= 11 is 1.61. The van der Waals surface area contributed by atoms with Gasteiger partial charge in [-0.2, -0.15) is 0 Å². The molecule has 5 aromatic rings. The van der Waals surface area contributed by atoms with Gasteiger partial charge in [0.2, 0.25) is 0 Å². The largest absolute Gasteiger partial charge is 0.349 e. The average molecular weight is 426 g/mol. The summed E-state index contributed by atoms with van der Waals surface area (Å²) in [4.78, 5) is 22.1. The van der Waals surface area contributed by atoms with Crippen LogP contribution in [0.3, 0.4) is 0 Å². The Morgan fingerprint density at radius 2 is 1.71 bits per heavy atom. The van der Waals surface area contributed by atoms with E-state index in [1.54, 1.807) is 16.3 Å². The van der Waals surface area contributed by atoms with Crippen LogP contribution in [0.4, 0.5) is 0 Å². The highest BCUT2D eigenvalue weighted by Crippen LogP contribution is 2.36. The standard InChI is InChI=1S/C26H23N3OS/c1-16-13-14-17(2)22(15-16)29-25(30)24-23(20-11-7-8-12-21(20)27-24)28-26(29)31-18(3)19-9-5-4-6-10-19/h4-15,18,27H,1-3H3. The molecule has 1 unspecified atom stereocenters. The van der Waals surface area contributed by atoms with E-state index in [9.17, 15) is 4.79 Å². The molecule has 5 rings (SSSR count). The summed E-state index contributed by atoms with van der Waals surface area (Å²) in [5.41, 5.74) is 6.35. The highest BCUT2D eigenvalue weighted by atomic mass is 32.2. The second-order valence-electron chi connectivity index (χ2n) is 7.89. The third kappa shape index (κ3) is 3.45. The van der Waals surface area contributed by atoms with E-state index in [2.05, 4.69) is 42.2 Å². The van der Waals surface area contributed by atoms with Crippen molar-refractivity contribution in [3.05, 3.63) is 99.8 Å². The number of benzene rings is 3. The highest BCUT2D eigenvalue weighted by Gasteiger charge is 2.20. The first-order valence-electron chi connectivity index (χ1n) is 10.4. The molecule has 0 saturated heterocycles. The van der Waals surface area contributed by atoms with E-state index in [1.807, 2.05) is 56.3 Å². The third-order valence-electron chi connectivity index (χ3n) is 5.65. The van der Waals surface area contributed by atoms with Crippen molar-refractivity contribution in [1.82, 2.24) is 14.5 Å². The number of nitrogens with one attached hydrogen (secondary N) is 1. The van der Waals surface area contributed by atoms with Crippen molar-refractivity contribution in [3.63, 3.8) is 0 Å². The first kappa shape index (κ1) is 19.6. The van der Waals surface area contributed by atoms with Gasteiger partial charge in [-0.15, -0.1) is 0 Å². The zero-order valence-corrected chi connectivity index (χ0v) is 18.5. The molecular weight excluding hydrogens is 402 g/mol. The molecule has 4 nitrogen and oxygen atoms in total. The third-order valence-corrected chi connectivity index (χ3v) is 6.76. The van der Waals surface area contributed by atoms with Crippen LogP contribution in [-0.2, 0) is 0 Å². The van der Waals surface area contributed by atoms with Crippen LogP contribution in [-0.4, -0.2) is 14.5 Å². The van der Waals surface area contributed by atoms with Crippen LogP contribution >= 0.6 is 11.8 Å². The number of nitrogens with zero attached hydrogens (tertiary/aromatic N) is 2. The van der Waals surface area contributed by atoms with Crippen LogP contribution in [0.1, 0.15) is 28.9 Å². The number of aromatic nitrogens is 3. The van der Waals surface area contributed by atoms with Gasteiger partial charge in [-0.25, -0.2) is 4.98 Å². The molecule has 0 bridgehead atoms. The van der Waals surface area contributed by atoms with Crippen LogP contribution in [0.5, 0.6) is 0 Å². The van der Waals surface area contributed by atoms with E-state index in [0.717, 1.165) is 33.2 Å². The monoisotopic (exact) mass is 425 g/mol. The molecule has 0 aliphatic heterocycles. The predicted octanol–water partition coefficient (Wildman–Crippen LogP) is 6.34. The fraction of sp³-hybridized carbons (Fsp3) is 0.154. The normalized spacial score (nSPS) is 12.5. The van der Waals surface area contributed by atoms with Crippen molar-refractivity contribution >= 4 is 33.7 Å². The minimum absolute atomic E-state index is 0.0716. The summed E-state index contributed by atoms with van der Waals surface area (Å²) < 4.78 is 1.77. The molecule has 0 aliphatic rings. The Labute approximate surface area is 185 Å². The van der Waals surface area contributed by atoms with Crippen molar-refractivity contribution < 1.29 is 0 Å². The van der Waals surface area contributed by atoms with Gasteiger partial charge >= 0.3 is 0 Å². The van der Waals surface area contributed by atoms with Crippen LogP contribution in [0.25, 0.3) is 27.6 Å². The molecule has 0 aliphatic carbocycles. The molecule has 2 aromatic heterocycles. The Kier molecular flexibility index (Phi) is 4.91. The summed E-state index contributed by atoms with van der Waals surface area (Å²) in [5, 5.41) is 1.82. The predicted molar refractivity (Wildman–Crippen MR) is 129 cm³/mol. The fourth-order valence-corrected chi connectivity index (χ4v) is 4.98. The maximum Gasteiger partial charge on any atom is 0.283 e. The van der Waals surface area contributed by atoms with Crippen LogP contribution in [0.15, 0.2) is 82.7 Å². The van der Waals surface area contributed by atoms with E-state index in [4.69, 9.17) is 4.98 Å². The molecule has 0 spiro atoms. The molecule has 5 heteroatoms. The number of thioether (sulfide) groups is 1. The van der Waals surface area contributed by atoms with Gasteiger partial charge in [0.25, 0.3) is 5.56 Å². The topological polar surface area (TPSA) is 50.7 Å². The molecule has 3 aromatic carbocycles. The number of hydrogen-bond acceptors (Lipinski definition) is 3. The zero-order valence-electron chi connectivity index (χ0n) is 17.7. The lowest BCUT2D eigenvalue weighted by atomic mass is 10.1. The Morgan fingerprint density at radius 3 is 2.52 bits per heavy atom. The minimum atomic E-state index is -0.0716. The van der Waals surface area contributed by atoms with E-state index in [0.29, 0.717) is 10.7 Å². The lowest BCUT2D eigenvalue weighted by Crippen LogP contribution is -2.23. The second-order valence-corrected chi connectivity index (χ2v) is 9.20. The first-order valence-corrected chi connectivity index (χ1v) is 11.2. The lowest BCUT2D eigenvalue weighted by Gasteiger charge is -2.18. The second kappa shape index (κ2) is 7.75. The molecule has 0 radical (unpaired) electrons. The molecular formula is C26H23N3OS. The summed E-state index contributed by atoms with van der Waals surface area (Å²) in [7, 11) is 0. The van der Waals surface area contributed by atoms with Crippen molar-refractivity contribution in [1.29, 1.82) is 0 Å². The van der Waals surface area contributed by atoms with Gasteiger partial charge < -0.3 is 4.98 Å². The van der Waals surface area contributed by atoms with E-state index in [1.165, 1.54) is 5.56 Å².